The summed E-state index contributed by atoms with van der Waals surface area (Å²) >= 11 is 1.38. The van der Waals surface area contributed by atoms with Crippen LogP contribution in [-0.2, 0) is 16.6 Å². The van der Waals surface area contributed by atoms with E-state index in [1.54, 1.807) is 37.3 Å². The minimum Gasteiger partial charge on any atom is -0.352 e. The van der Waals surface area contributed by atoms with Gasteiger partial charge in [-0.2, -0.15) is 0 Å². The van der Waals surface area contributed by atoms with Crippen LogP contribution < -0.4 is 10.6 Å². The van der Waals surface area contributed by atoms with E-state index in [4.69, 9.17) is 0 Å². The van der Waals surface area contributed by atoms with Crippen LogP contribution in [0.25, 0.3) is 0 Å². The molecular formula is C19H25N3O4S2. The third kappa shape index (κ3) is 6.43. The first-order valence-corrected chi connectivity index (χ1v) is 11.4. The average Bonchev–Trinajstić information content (AvgIpc) is 3.24. The lowest BCUT2D eigenvalue weighted by Gasteiger charge is -2.15. The van der Waals surface area contributed by atoms with Crippen LogP contribution in [0.15, 0.2) is 41.8 Å². The highest BCUT2D eigenvalue weighted by Crippen LogP contribution is 2.09. The van der Waals surface area contributed by atoms with E-state index < -0.39 is 10.0 Å². The van der Waals surface area contributed by atoms with Crippen molar-refractivity contribution in [3.8, 4) is 0 Å². The summed E-state index contributed by atoms with van der Waals surface area (Å²) < 4.78 is 24.6. The Labute approximate surface area is 169 Å². The predicted molar refractivity (Wildman–Crippen MR) is 111 cm³/mol. The fourth-order valence-electron chi connectivity index (χ4n) is 2.42. The number of hydrogen-bond acceptors (Lipinski definition) is 5. The number of amides is 2. The zero-order chi connectivity index (χ0) is 20.6. The number of nitrogens with one attached hydrogen (secondary N) is 2. The van der Waals surface area contributed by atoms with Crippen LogP contribution in [-0.4, -0.2) is 50.4 Å². The van der Waals surface area contributed by atoms with E-state index in [0.717, 1.165) is 5.56 Å². The molecule has 0 bridgehead atoms. The molecule has 0 aliphatic carbocycles. The molecule has 0 atom stereocenters. The topological polar surface area (TPSA) is 95.6 Å². The molecule has 0 aliphatic heterocycles. The largest absolute Gasteiger partial charge is 0.352 e. The van der Waals surface area contributed by atoms with Gasteiger partial charge in [0.25, 0.3) is 11.8 Å². The molecule has 0 radical (unpaired) electrons. The van der Waals surface area contributed by atoms with Gasteiger partial charge in [-0.25, -0.2) is 12.7 Å². The lowest BCUT2D eigenvalue weighted by molar-refractivity contribution is 0.0944. The Balaban J connectivity index is 1.75. The van der Waals surface area contributed by atoms with Gasteiger partial charge < -0.3 is 10.6 Å². The molecule has 2 aromatic rings. The van der Waals surface area contributed by atoms with Gasteiger partial charge in [-0.1, -0.05) is 18.2 Å². The minimum atomic E-state index is -3.19. The third-order valence-corrected chi connectivity index (χ3v) is 6.92. The quantitative estimate of drug-likeness (QED) is 0.572. The number of carbonyl (C=O) groups is 2. The van der Waals surface area contributed by atoms with Gasteiger partial charge in [0, 0.05) is 32.2 Å². The third-order valence-electron chi connectivity index (χ3n) is 4.19. The summed E-state index contributed by atoms with van der Waals surface area (Å²) in [5, 5.41) is 7.47. The van der Waals surface area contributed by atoms with Gasteiger partial charge in [0.05, 0.1) is 10.6 Å². The van der Waals surface area contributed by atoms with E-state index in [1.165, 1.54) is 22.7 Å². The van der Waals surface area contributed by atoms with Crippen molar-refractivity contribution in [2.75, 3.05) is 25.9 Å². The van der Waals surface area contributed by atoms with Gasteiger partial charge in [0.1, 0.15) is 0 Å². The minimum absolute atomic E-state index is 0.0655. The molecule has 2 N–H and O–H groups in total. The highest BCUT2D eigenvalue weighted by Gasteiger charge is 2.14. The summed E-state index contributed by atoms with van der Waals surface area (Å²) in [5.41, 5.74) is 1.41. The van der Waals surface area contributed by atoms with Gasteiger partial charge in [0.15, 0.2) is 0 Å². The zero-order valence-electron chi connectivity index (χ0n) is 16.0. The van der Waals surface area contributed by atoms with Crippen molar-refractivity contribution in [1.29, 1.82) is 0 Å². The van der Waals surface area contributed by atoms with Gasteiger partial charge in [0.2, 0.25) is 10.0 Å². The Morgan fingerprint density at radius 1 is 1.07 bits per heavy atom. The number of thiophene rings is 1. The predicted octanol–water partition coefficient (Wildman–Crippen LogP) is 2.08. The van der Waals surface area contributed by atoms with Gasteiger partial charge >= 0.3 is 0 Å². The molecule has 9 heteroatoms. The standard InChI is InChI=1S/C19H25N3O4S2/c1-3-28(25,26)22(2)12-5-11-20-18(23)16-9-7-15(8-10-16)14-21-19(24)17-6-4-13-27-17/h4,6-10,13H,3,5,11-12,14H2,1-2H3,(H,20,23)(H,21,24). The normalized spacial score (nSPS) is 11.4. The average molecular weight is 424 g/mol. The second kappa shape index (κ2) is 10.4. The van der Waals surface area contributed by atoms with E-state index >= 15 is 0 Å². The first-order valence-electron chi connectivity index (χ1n) is 8.96. The SMILES string of the molecule is CCS(=O)(=O)N(C)CCCNC(=O)c1ccc(CNC(=O)c2cccs2)cc1. The van der Waals surface area contributed by atoms with E-state index in [9.17, 15) is 18.0 Å². The second-order valence-corrected chi connectivity index (χ2v) is 9.50. The lowest BCUT2D eigenvalue weighted by Crippen LogP contribution is -2.32. The maximum absolute atomic E-state index is 12.2. The molecule has 152 valence electrons. The first-order chi connectivity index (χ1) is 13.3. The molecule has 1 heterocycles. The van der Waals surface area contributed by atoms with Crippen LogP contribution in [0.5, 0.6) is 0 Å². The van der Waals surface area contributed by atoms with Crippen molar-refractivity contribution in [3.05, 3.63) is 57.8 Å². The highest BCUT2D eigenvalue weighted by molar-refractivity contribution is 7.89. The fourth-order valence-corrected chi connectivity index (χ4v) is 3.90. The van der Waals surface area contributed by atoms with Crippen LogP contribution in [0.1, 0.15) is 38.9 Å². The zero-order valence-corrected chi connectivity index (χ0v) is 17.6. The molecule has 0 spiro atoms. The summed E-state index contributed by atoms with van der Waals surface area (Å²) in [6.07, 6.45) is 0.536. The van der Waals surface area contributed by atoms with Gasteiger partial charge in [-0.15, -0.1) is 11.3 Å². The smallest absolute Gasteiger partial charge is 0.261 e. The number of carbonyl (C=O) groups excluding carboxylic acids is 2. The molecule has 2 rings (SSSR count). The Hall–Kier alpha value is -2.23. The van der Waals surface area contributed by atoms with Crippen molar-refractivity contribution in [1.82, 2.24) is 14.9 Å². The lowest BCUT2D eigenvalue weighted by atomic mass is 10.1. The Kier molecular flexibility index (Phi) is 8.16. The summed E-state index contributed by atoms with van der Waals surface area (Å²) in [5.74, 6) is -0.266. The Bertz CT molecular complexity index is 878. The molecule has 7 nitrogen and oxygen atoms in total. The van der Waals surface area contributed by atoms with Crippen molar-refractivity contribution in [2.45, 2.75) is 19.9 Å². The van der Waals surface area contributed by atoms with Crippen LogP contribution in [0.4, 0.5) is 0 Å². The van der Waals surface area contributed by atoms with Gasteiger partial charge in [-0.05, 0) is 42.5 Å². The maximum Gasteiger partial charge on any atom is 0.261 e. The molecule has 0 aliphatic rings. The van der Waals surface area contributed by atoms with Crippen molar-refractivity contribution in [2.24, 2.45) is 0 Å². The molecule has 1 aromatic carbocycles. The van der Waals surface area contributed by atoms with Crippen LogP contribution in [0.3, 0.4) is 0 Å². The summed E-state index contributed by atoms with van der Waals surface area (Å²) in [7, 11) is -1.65. The molecule has 0 saturated heterocycles. The maximum atomic E-state index is 12.2. The summed E-state index contributed by atoms with van der Waals surface area (Å²) in [6, 6.07) is 10.6. The van der Waals surface area contributed by atoms with E-state index in [0.29, 0.717) is 36.5 Å². The molecule has 0 saturated carbocycles. The molecule has 2 amide bonds. The second-order valence-electron chi connectivity index (χ2n) is 6.19. The van der Waals surface area contributed by atoms with Crippen LogP contribution in [0, 0.1) is 0 Å². The summed E-state index contributed by atoms with van der Waals surface area (Å²) in [4.78, 5) is 24.7. The summed E-state index contributed by atoms with van der Waals surface area (Å²) in [6.45, 7) is 2.74. The number of hydrogen-bond donors (Lipinski definition) is 2. The monoisotopic (exact) mass is 423 g/mol. The fraction of sp³-hybridized carbons (Fsp3) is 0.368. The van der Waals surface area contributed by atoms with E-state index in [1.807, 2.05) is 11.4 Å². The molecule has 0 fully saturated rings. The first kappa shape index (κ1) is 22.1. The van der Waals surface area contributed by atoms with Crippen molar-refractivity contribution in [3.63, 3.8) is 0 Å². The van der Waals surface area contributed by atoms with Crippen molar-refractivity contribution < 1.29 is 18.0 Å². The Morgan fingerprint density at radius 3 is 2.39 bits per heavy atom. The molecule has 1 aromatic heterocycles. The molecular weight excluding hydrogens is 398 g/mol. The van der Waals surface area contributed by atoms with Crippen molar-refractivity contribution >= 4 is 33.2 Å². The molecule has 28 heavy (non-hydrogen) atoms. The highest BCUT2D eigenvalue weighted by atomic mass is 32.2. The van der Waals surface area contributed by atoms with E-state index in [2.05, 4.69) is 10.6 Å². The van der Waals surface area contributed by atoms with Crippen LogP contribution >= 0.6 is 11.3 Å². The van der Waals surface area contributed by atoms with Gasteiger partial charge in [-0.3, -0.25) is 9.59 Å². The van der Waals surface area contributed by atoms with E-state index in [-0.39, 0.29) is 17.6 Å². The van der Waals surface area contributed by atoms with Crippen LogP contribution in [0.2, 0.25) is 0 Å². The molecule has 0 unspecified atom stereocenters. The number of sulfonamides is 1. The number of benzene rings is 1. The number of rotatable bonds is 10. The number of nitrogens with zero attached hydrogens (tertiary/aromatic N) is 1. The Morgan fingerprint density at radius 2 is 1.79 bits per heavy atom.